The molecule has 3 aromatic rings. The standard InChI is InChI=1S/C24H22Cl2N2O4S/c1-2-33(30,31)22-13-9-20(10-14-22)28-15-24(29,16-32-21-11-7-19(26)8-12-21)27-23(28)17-3-5-18(25)6-4-17/h3-14,29H,2,15-16H2,1H3. The van der Waals surface area contributed by atoms with Crippen LogP contribution in [0.3, 0.4) is 0 Å². The van der Waals surface area contributed by atoms with Gasteiger partial charge >= 0.3 is 0 Å². The number of hydrogen-bond donors (Lipinski definition) is 1. The Labute approximate surface area is 203 Å². The van der Waals surface area contributed by atoms with Crippen molar-refractivity contribution in [2.75, 3.05) is 23.8 Å². The van der Waals surface area contributed by atoms with E-state index in [-0.39, 0.29) is 23.8 Å². The molecular weight excluding hydrogens is 483 g/mol. The summed E-state index contributed by atoms with van der Waals surface area (Å²) in [6, 6.07) is 20.5. The number of anilines is 1. The number of β-amino-alcohol motifs (C(OH)–C–C–N with tert-alkyl or cyclic N) is 1. The molecule has 0 radical (unpaired) electrons. The van der Waals surface area contributed by atoms with Crippen molar-refractivity contribution < 1.29 is 18.3 Å². The molecular formula is C24H22Cl2N2O4S. The van der Waals surface area contributed by atoms with E-state index in [1.165, 1.54) is 0 Å². The number of aliphatic imine (C=N–C) groups is 1. The number of aliphatic hydroxyl groups is 1. The van der Waals surface area contributed by atoms with Crippen LogP contribution in [0, 0.1) is 0 Å². The molecule has 0 spiro atoms. The Kier molecular flexibility index (Phi) is 6.68. The summed E-state index contributed by atoms with van der Waals surface area (Å²) in [5, 5.41) is 12.4. The molecule has 1 heterocycles. The summed E-state index contributed by atoms with van der Waals surface area (Å²) in [5.41, 5.74) is -0.0729. The molecule has 4 rings (SSSR count). The molecule has 1 N–H and O–H groups in total. The highest BCUT2D eigenvalue weighted by atomic mass is 35.5. The van der Waals surface area contributed by atoms with Crippen LogP contribution in [-0.2, 0) is 9.84 Å². The van der Waals surface area contributed by atoms with Gasteiger partial charge in [0.1, 0.15) is 18.2 Å². The zero-order chi connectivity index (χ0) is 23.6. The molecule has 0 fully saturated rings. The Morgan fingerprint density at radius 1 is 0.970 bits per heavy atom. The first-order chi connectivity index (χ1) is 15.7. The molecule has 0 aromatic heterocycles. The van der Waals surface area contributed by atoms with Crippen LogP contribution in [0.2, 0.25) is 10.0 Å². The van der Waals surface area contributed by atoms with Crippen molar-refractivity contribution in [1.82, 2.24) is 0 Å². The number of sulfone groups is 1. The number of hydrogen-bond acceptors (Lipinski definition) is 6. The number of ether oxygens (including phenoxy) is 1. The molecule has 1 aliphatic rings. The molecule has 1 aliphatic heterocycles. The van der Waals surface area contributed by atoms with Crippen LogP contribution in [-0.4, -0.2) is 44.0 Å². The van der Waals surface area contributed by atoms with Crippen molar-refractivity contribution in [1.29, 1.82) is 0 Å². The molecule has 0 saturated carbocycles. The van der Waals surface area contributed by atoms with Crippen molar-refractivity contribution in [3.05, 3.63) is 88.4 Å². The summed E-state index contributed by atoms with van der Waals surface area (Å²) in [5.74, 6) is 1.11. The predicted molar refractivity (Wildman–Crippen MR) is 131 cm³/mol. The van der Waals surface area contributed by atoms with E-state index in [1.807, 2.05) is 17.0 Å². The minimum Gasteiger partial charge on any atom is -0.488 e. The van der Waals surface area contributed by atoms with Gasteiger partial charge < -0.3 is 14.7 Å². The average Bonchev–Trinajstić information content (AvgIpc) is 3.17. The lowest BCUT2D eigenvalue weighted by atomic mass is 10.1. The molecule has 3 aromatic carbocycles. The molecule has 0 amide bonds. The maximum absolute atomic E-state index is 12.2. The molecule has 0 saturated heterocycles. The quantitative estimate of drug-likeness (QED) is 0.498. The third-order valence-corrected chi connectivity index (χ3v) is 7.51. The highest BCUT2D eigenvalue weighted by Gasteiger charge is 2.39. The topological polar surface area (TPSA) is 79.2 Å². The van der Waals surface area contributed by atoms with E-state index in [2.05, 4.69) is 4.99 Å². The predicted octanol–water partition coefficient (Wildman–Crippen LogP) is 4.82. The van der Waals surface area contributed by atoms with Gasteiger partial charge in [0.15, 0.2) is 9.84 Å². The summed E-state index contributed by atoms with van der Waals surface area (Å²) in [6.45, 7) is 1.65. The molecule has 1 unspecified atom stereocenters. The first-order valence-corrected chi connectivity index (χ1v) is 12.7. The van der Waals surface area contributed by atoms with Crippen LogP contribution in [0.15, 0.2) is 82.7 Å². The Bertz CT molecular complexity index is 1260. The van der Waals surface area contributed by atoms with E-state index in [4.69, 9.17) is 27.9 Å². The summed E-state index contributed by atoms with van der Waals surface area (Å²) < 4.78 is 30.1. The largest absolute Gasteiger partial charge is 0.488 e. The van der Waals surface area contributed by atoms with Crippen molar-refractivity contribution >= 4 is 44.6 Å². The number of amidine groups is 1. The molecule has 1 atom stereocenters. The molecule has 6 nitrogen and oxygen atoms in total. The van der Waals surface area contributed by atoms with Gasteiger partial charge in [-0.05, 0) is 72.8 Å². The second-order valence-electron chi connectivity index (χ2n) is 7.65. The van der Waals surface area contributed by atoms with Crippen LogP contribution < -0.4 is 9.64 Å². The monoisotopic (exact) mass is 504 g/mol. The summed E-state index contributed by atoms with van der Waals surface area (Å²) in [4.78, 5) is 6.66. The van der Waals surface area contributed by atoms with E-state index in [0.29, 0.717) is 27.3 Å². The van der Waals surface area contributed by atoms with E-state index >= 15 is 0 Å². The Balaban J connectivity index is 1.64. The van der Waals surface area contributed by atoms with Crippen LogP contribution >= 0.6 is 23.2 Å². The smallest absolute Gasteiger partial charge is 0.210 e. The van der Waals surface area contributed by atoms with Crippen molar-refractivity contribution in [3.8, 4) is 5.75 Å². The fourth-order valence-electron chi connectivity index (χ4n) is 3.46. The highest BCUT2D eigenvalue weighted by molar-refractivity contribution is 7.91. The Morgan fingerprint density at radius 2 is 1.55 bits per heavy atom. The maximum Gasteiger partial charge on any atom is 0.210 e. The lowest BCUT2D eigenvalue weighted by Crippen LogP contribution is -2.40. The van der Waals surface area contributed by atoms with E-state index in [1.54, 1.807) is 67.6 Å². The SMILES string of the molecule is CCS(=O)(=O)c1ccc(N2CC(O)(COc3ccc(Cl)cc3)N=C2c2ccc(Cl)cc2)cc1. The first-order valence-electron chi connectivity index (χ1n) is 10.3. The van der Waals surface area contributed by atoms with Gasteiger partial charge in [0.05, 0.1) is 17.2 Å². The van der Waals surface area contributed by atoms with Gasteiger partial charge in [-0.2, -0.15) is 0 Å². The lowest BCUT2D eigenvalue weighted by Gasteiger charge is -2.24. The molecule has 172 valence electrons. The molecule has 33 heavy (non-hydrogen) atoms. The van der Waals surface area contributed by atoms with Crippen LogP contribution in [0.25, 0.3) is 0 Å². The van der Waals surface area contributed by atoms with E-state index in [9.17, 15) is 13.5 Å². The summed E-state index contributed by atoms with van der Waals surface area (Å²) >= 11 is 12.0. The van der Waals surface area contributed by atoms with Gasteiger partial charge in [-0.15, -0.1) is 0 Å². The average molecular weight is 505 g/mol. The van der Waals surface area contributed by atoms with Crippen molar-refractivity contribution in [2.24, 2.45) is 4.99 Å². The number of halogens is 2. The third kappa shape index (κ3) is 5.33. The molecule has 0 bridgehead atoms. The zero-order valence-electron chi connectivity index (χ0n) is 17.8. The minimum absolute atomic E-state index is 0.0231. The maximum atomic E-state index is 12.2. The third-order valence-electron chi connectivity index (χ3n) is 5.25. The van der Waals surface area contributed by atoms with Crippen LogP contribution in [0.1, 0.15) is 12.5 Å². The number of rotatable bonds is 7. The van der Waals surface area contributed by atoms with Crippen LogP contribution in [0.5, 0.6) is 5.75 Å². The van der Waals surface area contributed by atoms with Crippen molar-refractivity contribution in [3.63, 3.8) is 0 Å². The van der Waals surface area contributed by atoms with E-state index in [0.717, 1.165) is 5.56 Å². The van der Waals surface area contributed by atoms with Gasteiger partial charge in [-0.1, -0.05) is 30.1 Å². The first kappa shape index (κ1) is 23.6. The van der Waals surface area contributed by atoms with Gasteiger partial charge in [0, 0.05) is 21.3 Å². The zero-order valence-corrected chi connectivity index (χ0v) is 20.1. The van der Waals surface area contributed by atoms with Gasteiger partial charge in [0.25, 0.3) is 0 Å². The van der Waals surface area contributed by atoms with Crippen molar-refractivity contribution in [2.45, 2.75) is 17.5 Å². The van der Waals surface area contributed by atoms with Gasteiger partial charge in [0.2, 0.25) is 5.72 Å². The lowest BCUT2D eigenvalue weighted by molar-refractivity contribution is 0.0178. The molecule has 9 heteroatoms. The fraction of sp³-hybridized carbons (Fsp3) is 0.208. The highest BCUT2D eigenvalue weighted by Crippen LogP contribution is 2.30. The minimum atomic E-state index is -3.32. The number of nitrogens with zero attached hydrogens (tertiary/aromatic N) is 2. The summed E-state index contributed by atoms with van der Waals surface area (Å²) in [7, 11) is -3.32. The molecule has 0 aliphatic carbocycles. The Morgan fingerprint density at radius 3 is 2.12 bits per heavy atom. The summed E-state index contributed by atoms with van der Waals surface area (Å²) in [6.07, 6.45) is 0. The Hall–Kier alpha value is -2.58. The second kappa shape index (κ2) is 9.35. The second-order valence-corrected chi connectivity index (χ2v) is 10.8. The normalized spacial score (nSPS) is 18.3. The van der Waals surface area contributed by atoms with E-state index < -0.39 is 15.6 Å². The van der Waals surface area contributed by atoms with Gasteiger partial charge in [-0.25, -0.2) is 13.4 Å². The van der Waals surface area contributed by atoms with Gasteiger partial charge in [-0.3, -0.25) is 0 Å². The van der Waals surface area contributed by atoms with Crippen LogP contribution in [0.4, 0.5) is 5.69 Å². The number of benzene rings is 3. The fourth-order valence-corrected chi connectivity index (χ4v) is 4.60.